The van der Waals surface area contributed by atoms with Gasteiger partial charge in [0.15, 0.2) is 5.79 Å². The first-order valence-electron chi connectivity index (χ1n) is 4.26. The fourth-order valence-electron chi connectivity index (χ4n) is 1.64. The molecule has 1 aliphatic carbocycles. The fraction of sp³-hybridized carbons (Fsp3) is 0.500. The van der Waals surface area contributed by atoms with E-state index in [2.05, 4.69) is 6.07 Å². The number of hydrogen-bond donors (Lipinski definition) is 0. The van der Waals surface area contributed by atoms with Gasteiger partial charge in [-0.15, -0.1) is 0 Å². The van der Waals surface area contributed by atoms with E-state index in [9.17, 15) is 0 Å². The van der Waals surface area contributed by atoms with Crippen LogP contribution in [-0.2, 0) is 9.47 Å². The van der Waals surface area contributed by atoms with Crippen LogP contribution in [-0.4, -0.2) is 18.0 Å². The summed E-state index contributed by atoms with van der Waals surface area (Å²) in [6.45, 7) is 3.71. The SMILES string of the molecule is CC1(C)O[C@H]2C=CC=C(C#N)[C@H]2O1. The Morgan fingerprint density at radius 3 is 2.92 bits per heavy atom. The van der Waals surface area contributed by atoms with Crippen LogP contribution in [0, 0.1) is 11.3 Å². The van der Waals surface area contributed by atoms with E-state index in [1.165, 1.54) is 0 Å². The summed E-state index contributed by atoms with van der Waals surface area (Å²) in [4.78, 5) is 0. The van der Waals surface area contributed by atoms with Gasteiger partial charge in [-0.2, -0.15) is 5.26 Å². The summed E-state index contributed by atoms with van der Waals surface area (Å²) >= 11 is 0. The minimum absolute atomic E-state index is 0.102. The van der Waals surface area contributed by atoms with E-state index >= 15 is 0 Å². The third kappa shape index (κ3) is 1.39. The zero-order chi connectivity index (χ0) is 9.47. The molecule has 1 heterocycles. The minimum atomic E-state index is -0.583. The van der Waals surface area contributed by atoms with Crippen LogP contribution in [0.25, 0.3) is 0 Å². The second-order valence-electron chi connectivity index (χ2n) is 3.64. The lowest BCUT2D eigenvalue weighted by atomic mass is 10.0. The molecule has 2 rings (SSSR count). The predicted molar refractivity (Wildman–Crippen MR) is 46.7 cm³/mol. The highest BCUT2D eigenvalue weighted by atomic mass is 16.7. The van der Waals surface area contributed by atoms with Crippen molar-refractivity contribution in [2.24, 2.45) is 0 Å². The van der Waals surface area contributed by atoms with E-state index in [0.717, 1.165) is 0 Å². The van der Waals surface area contributed by atoms with Gasteiger partial charge in [-0.1, -0.05) is 12.2 Å². The second kappa shape index (κ2) is 2.69. The largest absolute Gasteiger partial charge is 0.340 e. The molecule has 1 saturated heterocycles. The standard InChI is InChI=1S/C10H11NO2/c1-10(2)12-8-5-3-4-7(6-11)9(8)13-10/h3-5,8-9H,1-2H3/t8-,9+/m0/s1. The van der Waals surface area contributed by atoms with Crippen molar-refractivity contribution in [1.82, 2.24) is 0 Å². The van der Waals surface area contributed by atoms with Gasteiger partial charge < -0.3 is 9.47 Å². The molecule has 1 fully saturated rings. The number of rotatable bonds is 0. The van der Waals surface area contributed by atoms with Gasteiger partial charge in [0, 0.05) is 0 Å². The van der Waals surface area contributed by atoms with Crippen molar-refractivity contribution in [3.63, 3.8) is 0 Å². The summed E-state index contributed by atoms with van der Waals surface area (Å²) < 4.78 is 11.2. The number of nitrogens with zero attached hydrogens (tertiary/aromatic N) is 1. The Morgan fingerprint density at radius 1 is 1.46 bits per heavy atom. The van der Waals surface area contributed by atoms with Crippen molar-refractivity contribution in [2.75, 3.05) is 0 Å². The summed E-state index contributed by atoms with van der Waals surface area (Å²) in [7, 11) is 0. The molecule has 0 bridgehead atoms. The Kier molecular flexibility index (Phi) is 1.76. The lowest BCUT2D eigenvalue weighted by molar-refractivity contribution is -0.139. The number of allylic oxidation sites excluding steroid dienone is 2. The molecule has 0 aromatic heterocycles. The van der Waals surface area contributed by atoms with Crippen molar-refractivity contribution in [1.29, 1.82) is 5.26 Å². The van der Waals surface area contributed by atoms with E-state index in [1.54, 1.807) is 6.08 Å². The molecular formula is C10H11NO2. The molecule has 2 aliphatic rings. The van der Waals surface area contributed by atoms with Crippen LogP contribution in [0.15, 0.2) is 23.8 Å². The maximum absolute atomic E-state index is 8.82. The van der Waals surface area contributed by atoms with Gasteiger partial charge in [0.2, 0.25) is 0 Å². The molecule has 0 N–H and O–H groups in total. The number of ether oxygens (including phenoxy) is 2. The van der Waals surface area contributed by atoms with E-state index < -0.39 is 5.79 Å². The molecule has 0 amide bonds. The van der Waals surface area contributed by atoms with Crippen molar-refractivity contribution in [2.45, 2.75) is 31.8 Å². The quantitative estimate of drug-likeness (QED) is 0.563. The van der Waals surface area contributed by atoms with Crippen LogP contribution in [0.3, 0.4) is 0 Å². The predicted octanol–water partition coefficient (Wildman–Crippen LogP) is 1.53. The van der Waals surface area contributed by atoms with Crippen LogP contribution >= 0.6 is 0 Å². The van der Waals surface area contributed by atoms with Crippen molar-refractivity contribution in [3.8, 4) is 6.07 Å². The first-order chi connectivity index (χ1) is 6.12. The summed E-state index contributed by atoms with van der Waals surface area (Å²) in [5.74, 6) is -0.583. The zero-order valence-corrected chi connectivity index (χ0v) is 7.65. The molecule has 0 aromatic carbocycles. The van der Waals surface area contributed by atoms with E-state index in [1.807, 2.05) is 26.0 Å². The average Bonchev–Trinajstić information content (AvgIpc) is 2.37. The van der Waals surface area contributed by atoms with Gasteiger partial charge >= 0.3 is 0 Å². The van der Waals surface area contributed by atoms with Crippen molar-refractivity contribution < 1.29 is 9.47 Å². The fourth-order valence-corrected chi connectivity index (χ4v) is 1.64. The Hall–Kier alpha value is -1.11. The minimum Gasteiger partial charge on any atom is -0.340 e. The molecule has 0 aromatic rings. The number of fused-ring (bicyclic) bond motifs is 1. The van der Waals surface area contributed by atoms with E-state index in [-0.39, 0.29) is 12.2 Å². The van der Waals surface area contributed by atoms with Crippen LogP contribution in [0.2, 0.25) is 0 Å². The Morgan fingerprint density at radius 2 is 2.23 bits per heavy atom. The molecule has 2 atom stereocenters. The summed E-state index contributed by atoms with van der Waals surface area (Å²) in [6.07, 6.45) is 5.20. The van der Waals surface area contributed by atoms with Gasteiger partial charge in [-0.3, -0.25) is 0 Å². The maximum Gasteiger partial charge on any atom is 0.164 e. The summed E-state index contributed by atoms with van der Waals surface area (Å²) in [5.41, 5.74) is 0.637. The summed E-state index contributed by atoms with van der Waals surface area (Å²) in [6, 6.07) is 2.12. The molecule has 68 valence electrons. The molecule has 13 heavy (non-hydrogen) atoms. The topological polar surface area (TPSA) is 42.2 Å². The lowest BCUT2D eigenvalue weighted by Gasteiger charge is -2.16. The van der Waals surface area contributed by atoms with E-state index in [4.69, 9.17) is 14.7 Å². The Balaban J connectivity index is 2.28. The first-order valence-corrected chi connectivity index (χ1v) is 4.26. The third-order valence-electron chi connectivity index (χ3n) is 2.14. The van der Waals surface area contributed by atoms with Crippen molar-refractivity contribution >= 4 is 0 Å². The number of hydrogen-bond acceptors (Lipinski definition) is 3. The molecule has 3 heteroatoms. The lowest BCUT2D eigenvalue weighted by Crippen LogP contribution is -2.24. The van der Waals surface area contributed by atoms with Crippen LogP contribution in [0.1, 0.15) is 13.8 Å². The number of nitriles is 1. The van der Waals surface area contributed by atoms with Gasteiger partial charge in [0.05, 0.1) is 11.6 Å². The molecule has 0 saturated carbocycles. The molecule has 0 radical (unpaired) electrons. The van der Waals surface area contributed by atoms with Crippen LogP contribution in [0.4, 0.5) is 0 Å². The van der Waals surface area contributed by atoms with Gasteiger partial charge in [0.25, 0.3) is 0 Å². The molecule has 0 spiro atoms. The highest BCUT2D eigenvalue weighted by molar-refractivity contribution is 5.36. The highest BCUT2D eigenvalue weighted by Crippen LogP contribution is 2.34. The van der Waals surface area contributed by atoms with Gasteiger partial charge in [-0.05, 0) is 19.9 Å². The van der Waals surface area contributed by atoms with Crippen molar-refractivity contribution in [3.05, 3.63) is 23.8 Å². The maximum atomic E-state index is 8.82. The first kappa shape index (κ1) is 8.49. The van der Waals surface area contributed by atoms with E-state index in [0.29, 0.717) is 5.57 Å². The van der Waals surface area contributed by atoms with Gasteiger partial charge in [-0.25, -0.2) is 0 Å². The average molecular weight is 177 g/mol. The molecule has 0 unspecified atom stereocenters. The van der Waals surface area contributed by atoms with Crippen LogP contribution < -0.4 is 0 Å². The Labute approximate surface area is 77.3 Å². The molecular weight excluding hydrogens is 166 g/mol. The zero-order valence-electron chi connectivity index (χ0n) is 7.65. The summed E-state index contributed by atoms with van der Waals surface area (Å²) in [5, 5.41) is 8.82. The molecule has 3 nitrogen and oxygen atoms in total. The smallest absolute Gasteiger partial charge is 0.164 e. The third-order valence-corrected chi connectivity index (χ3v) is 2.14. The monoisotopic (exact) mass is 177 g/mol. The highest BCUT2D eigenvalue weighted by Gasteiger charge is 2.42. The second-order valence-corrected chi connectivity index (χ2v) is 3.64. The van der Waals surface area contributed by atoms with Gasteiger partial charge in [0.1, 0.15) is 12.2 Å². The molecule has 1 aliphatic heterocycles. The Bertz CT molecular complexity index is 322. The van der Waals surface area contributed by atoms with Crippen LogP contribution in [0.5, 0.6) is 0 Å². The normalized spacial score (nSPS) is 35.0.